The van der Waals surface area contributed by atoms with Gasteiger partial charge in [-0.15, -0.1) is 0 Å². The van der Waals surface area contributed by atoms with Crippen LogP contribution in [-0.4, -0.2) is 97.1 Å². The number of nitrogens with zero attached hydrogens (tertiary/aromatic N) is 4. The van der Waals surface area contributed by atoms with Crippen molar-refractivity contribution in [2.45, 2.75) is 69.6 Å². The van der Waals surface area contributed by atoms with Gasteiger partial charge in [0.2, 0.25) is 5.91 Å². The summed E-state index contributed by atoms with van der Waals surface area (Å²) in [5.41, 5.74) is 11.0. The van der Waals surface area contributed by atoms with Crippen LogP contribution in [0.15, 0.2) is 84.9 Å². The first-order valence-electron chi connectivity index (χ1n) is 20.4. The van der Waals surface area contributed by atoms with Crippen LogP contribution in [0.4, 0.5) is 5.69 Å². The normalized spacial score (nSPS) is 21.2. The summed E-state index contributed by atoms with van der Waals surface area (Å²) in [5.74, 6) is 0.724. The fourth-order valence-electron chi connectivity index (χ4n) is 10.2. The number of likely N-dealkylation sites (N-methyl/N-ethyl adjacent to an activating group) is 1. The van der Waals surface area contributed by atoms with E-state index in [0.717, 1.165) is 42.1 Å². The fourth-order valence-corrected chi connectivity index (χ4v) is 10.2. The maximum atomic E-state index is 12.8. The Balaban J connectivity index is 0.000000165. The van der Waals surface area contributed by atoms with E-state index in [2.05, 4.69) is 82.8 Å². The van der Waals surface area contributed by atoms with Crippen LogP contribution < -0.4 is 10.2 Å². The van der Waals surface area contributed by atoms with Crippen molar-refractivity contribution in [2.75, 3.05) is 51.7 Å². The third-order valence-corrected chi connectivity index (χ3v) is 13.0. The van der Waals surface area contributed by atoms with E-state index in [9.17, 15) is 24.3 Å². The molecule has 10 heteroatoms. The van der Waals surface area contributed by atoms with E-state index in [-0.39, 0.29) is 18.2 Å². The molecule has 4 aliphatic heterocycles. The second-order valence-corrected chi connectivity index (χ2v) is 16.8. The topological polar surface area (TPSA) is 114 Å². The molecule has 2 N–H and O–H groups in total. The lowest BCUT2D eigenvalue weighted by molar-refractivity contribution is -0.125. The largest absolute Gasteiger partial charge is 0.508 e. The van der Waals surface area contributed by atoms with Crippen LogP contribution in [0.3, 0.4) is 0 Å². The molecule has 5 aliphatic rings. The zero-order valence-corrected chi connectivity index (χ0v) is 33.0. The van der Waals surface area contributed by atoms with Crippen molar-refractivity contribution >= 4 is 30.1 Å². The second-order valence-electron chi connectivity index (χ2n) is 16.8. The molecule has 1 aliphatic carbocycles. The highest BCUT2D eigenvalue weighted by Crippen LogP contribution is 2.48. The van der Waals surface area contributed by atoms with E-state index >= 15 is 0 Å². The number of likely N-dealkylation sites (tertiary alicyclic amines) is 1. The van der Waals surface area contributed by atoms with Gasteiger partial charge in [0, 0.05) is 75.3 Å². The van der Waals surface area contributed by atoms with Gasteiger partial charge in [-0.05, 0) is 114 Å². The minimum atomic E-state index is -0.642. The van der Waals surface area contributed by atoms with Crippen LogP contribution in [0.5, 0.6) is 5.75 Å². The quantitative estimate of drug-likeness (QED) is 0.200. The first-order valence-corrected chi connectivity index (χ1v) is 20.4. The maximum Gasteiger partial charge on any atom is 0.255 e. The van der Waals surface area contributed by atoms with Crippen LogP contribution in [0.2, 0.25) is 0 Å². The summed E-state index contributed by atoms with van der Waals surface area (Å²) in [6.07, 6.45) is 5.65. The second kappa shape index (κ2) is 16.3. The number of phenols is 1. The molecule has 1 spiro atoms. The van der Waals surface area contributed by atoms with Crippen molar-refractivity contribution in [3.05, 3.63) is 129 Å². The zero-order chi connectivity index (χ0) is 39.7. The lowest BCUT2D eigenvalue weighted by Crippen LogP contribution is -2.57. The van der Waals surface area contributed by atoms with Crippen LogP contribution in [0.25, 0.3) is 0 Å². The fraction of sp³-hybridized carbons (Fsp3) is 0.404. The molecule has 2 amide bonds. The first kappa shape index (κ1) is 38.5. The molecular formula is C47H53N5O5. The predicted octanol–water partition coefficient (Wildman–Crippen LogP) is 5.65. The Hall–Kier alpha value is -5.32. The van der Waals surface area contributed by atoms with Crippen molar-refractivity contribution in [3.8, 4) is 5.75 Å². The molecule has 0 bridgehead atoms. The molecule has 9 rings (SSSR count). The third-order valence-electron chi connectivity index (χ3n) is 13.0. The van der Waals surface area contributed by atoms with Crippen molar-refractivity contribution in [1.82, 2.24) is 20.0 Å². The number of aldehydes is 2. The molecule has 4 aromatic rings. The van der Waals surface area contributed by atoms with E-state index in [1.165, 1.54) is 67.6 Å². The van der Waals surface area contributed by atoms with Crippen LogP contribution >= 0.6 is 0 Å². The number of hydrogen-bond donors (Lipinski definition) is 2. The van der Waals surface area contributed by atoms with E-state index in [1.54, 1.807) is 4.90 Å². The highest BCUT2D eigenvalue weighted by atomic mass is 16.3. The van der Waals surface area contributed by atoms with Gasteiger partial charge >= 0.3 is 0 Å². The molecule has 0 aromatic heterocycles. The number of nitrogens with one attached hydrogen (secondary N) is 1. The summed E-state index contributed by atoms with van der Waals surface area (Å²) < 4.78 is 0. The molecule has 3 unspecified atom stereocenters. The van der Waals surface area contributed by atoms with Gasteiger partial charge in [0.25, 0.3) is 5.91 Å². The minimum Gasteiger partial charge on any atom is -0.508 e. The van der Waals surface area contributed by atoms with Gasteiger partial charge in [-0.2, -0.15) is 0 Å². The van der Waals surface area contributed by atoms with Crippen LogP contribution in [0, 0.1) is 5.41 Å². The predicted molar refractivity (Wildman–Crippen MR) is 220 cm³/mol. The summed E-state index contributed by atoms with van der Waals surface area (Å²) in [5, 5.41) is 12.6. The van der Waals surface area contributed by atoms with Gasteiger partial charge in [-0.25, -0.2) is 0 Å². The number of aryl methyl sites for hydroxylation is 1. The maximum absolute atomic E-state index is 12.8. The zero-order valence-electron chi connectivity index (χ0n) is 33.0. The Morgan fingerprint density at radius 3 is 2.32 bits per heavy atom. The molecule has 0 saturated carbocycles. The summed E-state index contributed by atoms with van der Waals surface area (Å²) >= 11 is 0. The summed E-state index contributed by atoms with van der Waals surface area (Å²) in [6, 6.07) is 29.5. The number of carbonyl (C=O) groups excluding carboxylic acids is 4. The molecular weight excluding hydrogens is 715 g/mol. The van der Waals surface area contributed by atoms with Crippen LogP contribution in [-0.2, 0) is 40.4 Å². The number of phenolic OH excluding ortho intramolecular Hbond substituents is 1. The monoisotopic (exact) mass is 767 g/mol. The number of amides is 2. The van der Waals surface area contributed by atoms with E-state index in [1.807, 2.05) is 29.2 Å². The molecule has 4 aromatic carbocycles. The smallest absolute Gasteiger partial charge is 0.255 e. The highest BCUT2D eigenvalue weighted by Gasteiger charge is 2.47. The molecule has 57 heavy (non-hydrogen) atoms. The minimum absolute atomic E-state index is 0.175. The SMILES string of the molecule is CN1CCC2(C1)CN(c1ccc(C3c4ccc(O)cc4CCC3c3ccccc3)cc1)C2.CNC(=O)C(CCC=O)N1Cc2cc3c(cc2C1=O)CN(CC=O)C3. The number of anilines is 1. The summed E-state index contributed by atoms with van der Waals surface area (Å²) in [4.78, 5) is 54.9. The number of carbonyl (C=O) groups is 4. The molecule has 2 saturated heterocycles. The molecule has 10 nitrogen and oxygen atoms in total. The summed E-state index contributed by atoms with van der Waals surface area (Å²) in [7, 11) is 3.78. The molecule has 296 valence electrons. The van der Waals surface area contributed by atoms with E-state index < -0.39 is 6.04 Å². The average Bonchev–Trinajstić information content (AvgIpc) is 3.90. The van der Waals surface area contributed by atoms with E-state index in [4.69, 9.17) is 0 Å². The third kappa shape index (κ3) is 7.73. The Labute approximate surface area is 335 Å². The molecule has 2 fully saturated rings. The van der Waals surface area contributed by atoms with Crippen molar-refractivity contribution in [1.29, 1.82) is 0 Å². The van der Waals surface area contributed by atoms with Crippen molar-refractivity contribution < 1.29 is 24.3 Å². The van der Waals surface area contributed by atoms with Crippen molar-refractivity contribution in [3.63, 3.8) is 0 Å². The molecule has 4 heterocycles. The Bertz CT molecular complexity index is 2130. The Morgan fingerprint density at radius 2 is 1.63 bits per heavy atom. The van der Waals surface area contributed by atoms with Gasteiger partial charge in [0.1, 0.15) is 24.4 Å². The number of hydrogen-bond acceptors (Lipinski definition) is 8. The lowest BCUT2D eigenvalue weighted by Gasteiger charge is -2.49. The number of rotatable bonds is 10. The lowest BCUT2D eigenvalue weighted by atomic mass is 9.69. The highest BCUT2D eigenvalue weighted by molar-refractivity contribution is 6.01. The average molecular weight is 768 g/mol. The van der Waals surface area contributed by atoms with Gasteiger partial charge in [-0.1, -0.05) is 54.6 Å². The Kier molecular flexibility index (Phi) is 11.0. The van der Waals surface area contributed by atoms with Gasteiger partial charge in [-0.3, -0.25) is 14.5 Å². The number of benzene rings is 4. The van der Waals surface area contributed by atoms with Gasteiger partial charge < -0.3 is 34.7 Å². The standard InChI is InChI=1S/C29H32N2O.C18H21N3O4/c1-30-16-15-29(18-30)19-31(20-29)24-10-7-22(8-11-24)28-26(21-5-3-2-4-6-21)13-9-23-17-25(32)12-14-27(23)28;1-19-17(24)16(3-2-5-22)21-11-14-7-12-9-20(4-6-23)10-13(12)8-15(14)18(21)25/h2-8,10-12,14,17,26,28,32H,9,13,15-16,18-20H2,1H3;5-8,16H,2-4,9-11H2,1H3,(H,19,24). The summed E-state index contributed by atoms with van der Waals surface area (Å²) in [6.45, 7) is 6.95. The van der Waals surface area contributed by atoms with Gasteiger partial charge in [0.15, 0.2) is 0 Å². The molecule has 0 radical (unpaired) electrons. The van der Waals surface area contributed by atoms with E-state index in [0.29, 0.717) is 61.2 Å². The Morgan fingerprint density at radius 1 is 0.877 bits per heavy atom. The van der Waals surface area contributed by atoms with Gasteiger partial charge in [0.05, 0.1) is 6.54 Å². The molecule has 3 atom stereocenters. The first-order chi connectivity index (χ1) is 27.7. The number of aromatic hydroxyl groups is 1. The number of fused-ring (bicyclic) bond motifs is 3. The van der Waals surface area contributed by atoms with Crippen molar-refractivity contribution in [2.24, 2.45) is 5.41 Å². The van der Waals surface area contributed by atoms with Crippen LogP contribution in [0.1, 0.15) is 86.8 Å².